The van der Waals surface area contributed by atoms with Crippen LogP contribution in [0.15, 0.2) is 59.5 Å². The molecule has 156 valence electrons. The molecular weight excluding hydrogens is 410 g/mol. The number of benzene rings is 2. The van der Waals surface area contributed by atoms with E-state index in [4.69, 9.17) is 21.1 Å². The van der Waals surface area contributed by atoms with E-state index in [0.29, 0.717) is 17.2 Å². The monoisotopic (exact) mass is 435 g/mol. The van der Waals surface area contributed by atoms with E-state index in [1.807, 2.05) is 54.6 Å². The van der Waals surface area contributed by atoms with Gasteiger partial charge in [-0.25, -0.2) is 9.59 Å². The van der Waals surface area contributed by atoms with Crippen LogP contribution in [0.25, 0.3) is 0 Å². The second-order valence-electron chi connectivity index (χ2n) is 7.36. The fourth-order valence-corrected chi connectivity index (χ4v) is 3.63. The zero-order valence-corrected chi connectivity index (χ0v) is 18.4. The Hall–Kier alpha value is -2.18. The maximum absolute atomic E-state index is 12.6. The molecule has 0 aliphatic heterocycles. The molecule has 0 saturated heterocycles. The Labute approximate surface area is 181 Å². The van der Waals surface area contributed by atoms with Crippen LogP contribution >= 0.6 is 23.4 Å². The molecule has 1 amide bonds. The van der Waals surface area contributed by atoms with Crippen molar-refractivity contribution in [3.8, 4) is 0 Å². The van der Waals surface area contributed by atoms with E-state index in [-0.39, 0.29) is 6.61 Å². The van der Waals surface area contributed by atoms with Crippen LogP contribution in [0, 0.1) is 0 Å². The number of carbonyl (C=O) groups is 2. The van der Waals surface area contributed by atoms with Crippen molar-refractivity contribution in [1.29, 1.82) is 0 Å². The number of halogens is 1. The largest absolute Gasteiger partial charge is 0.459 e. The molecule has 0 saturated carbocycles. The molecule has 0 aromatic heterocycles. The lowest BCUT2D eigenvalue weighted by Gasteiger charge is -2.23. The summed E-state index contributed by atoms with van der Waals surface area (Å²) in [4.78, 5) is 25.7. The number of hydrogen-bond acceptors (Lipinski definition) is 5. The van der Waals surface area contributed by atoms with E-state index < -0.39 is 23.7 Å². The van der Waals surface area contributed by atoms with Crippen molar-refractivity contribution in [2.24, 2.45) is 0 Å². The standard InChI is InChI=1S/C22H26ClNO4S/c1-22(2,3)28-21(26)24-18(13-14-29-19-12-8-7-11-17(19)23)20(25)27-15-16-9-5-4-6-10-16/h4-12,18H,13-15H2,1-3H3,(H,24,26)/t18-/m0/s1. The average Bonchev–Trinajstić information content (AvgIpc) is 2.66. The maximum atomic E-state index is 12.6. The second-order valence-corrected chi connectivity index (χ2v) is 8.90. The molecule has 0 aliphatic rings. The van der Waals surface area contributed by atoms with Crippen LogP contribution in [0.3, 0.4) is 0 Å². The summed E-state index contributed by atoms with van der Waals surface area (Å²) in [6.07, 6.45) is -0.273. The lowest BCUT2D eigenvalue weighted by Crippen LogP contribution is -2.44. The topological polar surface area (TPSA) is 64.6 Å². The summed E-state index contributed by atoms with van der Waals surface area (Å²) in [6, 6.07) is 16.1. The van der Waals surface area contributed by atoms with E-state index in [0.717, 1.165) is 10.5 Å². The van der Waals surface area contributed by atoms with Gasteiger partial charge < -0.3 is 14.8 Å². The van der Waals surface area contributed by atoms with E-state index in [9.17, 15) is 9.59 Å². The zero-order chi connectivity index (χ0) is 21.3. The van der Waals surface area contributed by atoms with Crippen LogP contribution < -0.4 is 5.32 Å². The van der Waals surface area contributed by atoms with Gasteiger partial charge in [-0.2, -0.15) is 0 Å². The van der Waals surface area contributed by atoms with Crippen molar-refractivity contribution in [3.63, 3.8) is 0 Å². The number of ether oxygens (including phenoxy) is 2. The van der Waals surface area contributed by atoms with Crippen molar-refractivity contribution in [1.82, 2.24) is 5.32 Å². The van der Waals surface area contributed by atoms with Crippen molar-refractivity contribution >= 4 is 35.4 Å². The van der Waals surface area contributed by atoms with Crippen molar-refractivity contribution in [3.05, 3.63) is 65.2 Å². The SMILES string of the molecule is CC(C)(C)OC(=O)N[C@@H](CCSc1ccccc1Cl)C(=O)OCc1ccccc1. The van der Waals surface area contributed by atoms with E-state index in [2.05, 4.69) is 5.32 Å². The van der Waals surface area contributed by atoms with Gasteiger partial charge in [0.15, 0.2) is 0 Å². The van der Waals surface area contributed by atoms with Crippen molar-refractivity contribution in [2.45, 2.75) is 50.3 Å². The Bertz CT molecular complexity index is 808. The molecule has 2 rings (SSSR count). The number of thioether (sulfide) groups is 1. The van der Waals surface area contributed by atoms with Gasteiger partial charge in [-0.15, -0.1) is 11.8 Å². The summed E-state index contributed by atoms with van der Waals surface area (Å²) >= 11 is 7.69. The van der Waals surface area contributed by atoms with Gasteiger partial charge in [0.25, 0.3) is 0 Å². The van der Waals surface area contributed by atoms with Crippen LogP contribution in [0.4, 0.5) is 4.79 Å². The van der Waals surface area contributed by atoms with E-state index in [1.165, 1.54) is 11.8 Å². The van der Waals surface area contributed by atoms with Crippen molar-refractivity contribution < 1.29 is 19.1 Å². The number of amides is 1. The number of hydrogen-bond donors (Lipinski definition) is 1. The van der Waals surface area contributed by atoms with Gasteiger partial charge in [0.1, 0.15) is 18.2 Å². The fraction of sp³-hybridized carbons (Fsp3) is 0.364. The predicted octanol–water partition coefficient (Wildman–Crippen LogP) is 5.46. The number of rotatable bonds is 8. The first kappa shape index (κ1) is 23.1. The lowest BCUT2D eigenvalue weighted by molar-refractivity contribution is -0.147. The molecule has 29 heavy (non-hydrogen) atoms. The summed E-state index contributed by atoms with van der Waals surface area (Å²) in [5.74, 6) is 0.0736. The average molecular weight is 436 g/mol. The highest BCUT2D eigenvalue weighted by molar-refractivity contribution is 7.99. The first-order valence-corrected chi connectivity index (χ1v) is 10.7. The highest BCUT2D eigenvalue weighted by atomic mass is 35.5. The summed E-state index contributed by atoms with van der Waals surface area (Å²) in [6.45, 7) is 5.44. The zero-order valence-electron chi connectivity index (χ0n) is 16.8. The number of alkyl carbamates (subject to hydrolysis) is 1. The Kier molecular flexibility index (Phi) is 8.86. The molecule has 2 aromatic rings. The van der Waals surface area contributed by atoms with E-state index >= 15 is 0 Å². The van der Waals surface area contributed by atoms with Gasteiger partial charge in [-0.1, -0.05) is 54.1 Å². The molecule has 0 fully saturated rings. The van der Waals surface area contributed by atoms with Gasteiger partial charge in [0.05, 0.1) is 5.02 Å². The van der Waals surface area contributed by atoms with E-state index in [1.54, 1.807) is 20.8 Å². The minimum Gasteiger partial charge on any atom is -0.459 e. The molecule has 1 atom stereocenters. The Morgan fingerprint density at radius 1 is 1.07 bits per heavy atom. The third kappa shape index (κ3) is 8.79. The molecule has 0 spiro atoms. The molecule has 5 nitrogen and oxygen atoms in total. The minimum absolute atomic E-state index is 0.143. The van der Waals surface area contributed by atoms with Gasteiger partial charge >= 0.3 is 12.1 Å². The number of nitrogens with one attached hydrogen (secondary N) is 1. The second kappa shape index (κ2) is 11.1. The summed E-state index contributed by atoms with van der Waals surface area (Å²) < 4.78 is 10.7. The Morgan fingerprint density at radius 3 is 2.38 bits per heavy atom. The van der Waals surface area contributed by atoms with Crippen LogP contribution in [0.2, 0.25) is 5.02 Å². The molecule has 0 bridgehead atoms. The van der Waals surface area contributed by atoms with Crippen LogP contribution in [-0.4, -0.2) is 29.5 Å². The molecule has 0 heterocycles. The van der Waals surface area contributed by atoms with Crippen LogP contribution in [-0.2, 0) is 20.9 Å². The normalized spacial score (nSPS) is 12.1. The predicted molar refractivity (Wildman–Crippen MR) is 116 cm³/mol. The Balaban J connectivity index is 1.96. The molecular formula is C22H26ClNO4S. The highest BCUT2D eigenvalue weighted by Gasteiger charge is 2.25. The Morgan fingerprint density at radius 2 is 1.72 bits per heavy atom. The first-order chi connectivity index (χ1) is 13.7. The third-order valence-electron chi connectivity index (χ3n) is 3.70. The third-order valence-corrected chi connectivity index (χ3v) is 5.25. The van der Waals surface area contributed by atoms with Gasteiger partial charge in [0.2, 0.25) is 0 Å². The van der Waals surface area contributed by atoms with Gasteiger partial charge in [-0.3, -0.25) is 0 Å². The lowest BCUT2D eigenvalue weighted by atomic mass is 10.2. The first-order valence-electron chi connectivity index (χ1n) is 9.32. The molecule has 2 aromatic carbocycles. The van der Waals surface area contributed by atoms with Crippen LogP contribution in [0.5, 0.6) is 0 Å². The fourth-order valence-electron chi connectivity index (χ4n) is 2.38. The smallest absolute Gasteiger partial charge is 0.408 e. The summed E-state index contributed by atoms with van der Waals surface area (Å²) in [5, 5.41) is 3.28. The summed E-state index contributed by atoms with van der Waals surface area (Å²) in [7, 11) is 0. The molecule has 0 aliphatic carbocycles. The summed E-state index contributed by atoms with van der Waals surface area (Å²) in [5.41, 5.74) is 0.219. The van der Waals surface area contributed by atoms with Gasteiger partial charge in [0, 0.05) is 10.6 Å². The maximum Gasteiger partial charge on any atom is 0.408 e. The molecule has 1 N–H and O–H groups in total. The number of esters is 1. The quantitative estimate of drug-likeness (QED) is 0.440. The van der Waals surface area contributed by atoms with Crippen molar-refractivity contribution in [2.75, 3.05) is 5.75 Å². The molecule has 0 radical (unpaired) electrons. The van der Waals surface area contributed by atoms with Crippen LogP contribution in [0.1, 0.15) is 32.8 Å². The molecule has 7 heteroatoms. The van der Waals surface area contributed by atoms with Gasteiger partial charge in [-0.05, 0) is 44.9 Å². The molecule has 0 unspecified atom stereocenters. The highest BCUT2D eigenvalue weighted by Crippen LogP contribution is 2.27. The minimum atomic E-state index is -0.816. The number of carbonyl (C=O) groups excluding carboxylic acids is 2.